The summed E-state index contributed by atoms with van der Waals surface area (Å²) in [7, 11) is 2.96. The van der Waals surface area contributed by atoms with Crippen LogP contribution in [0.4, 0.5) is 14.5 Å². The minimum absolute atomic E-state index is 0.162. The van der Waals surface area contributed by atoms with Gasteiger partial charge >= 0.3 is 0 Å². The molecule has 0 aromatic heterocycles. The van der Waals surface area contributed by atoms with Gasteiger partial charge < -0.3 is 14.8 Å². The van der Waals surface area contributed by atoms with E-state index < -0.39 is 17.5 Å². The molecule has 1 N–H and O–H groups in total. The molecule has 0 unspecified atom stereocenters. The number of benzene rings is 2. The van der Waals surface area contributed by atoms with E-state index in [2.05, 4.69) is 5.32 Å². The molecule has 1 amide bonds. The summed E-state index contributed by atoms with van der Waals surface area (Å²) in [5.41, 5.74) is 0.498. The Hall–Kier alpha value is -1.90. The third-order valence-corrected chi connectivity index (χ3v) is 3.79. The van der Waals surface area contributed by atoms with Crippen molar-refractivity contribution in [2.24, 2.45) is 0 Å². The van der Waals surface area contributed by atoms with E-state index in [4.69, 9.17) is 9.47 Å². The highest BCUT2D eigenvalue weighted by atomic mass is 127. The summed E-state index contributed by atoms with van der Waals surface area (Å²) in [6.45, 7) is 0. The third-order valence-electron chi connectivity index (χ3n) is 2.90. The van der Waals surface area contributed by atoms with Gasteiger partial charge in [0.2, 0.25) is 0 Å². The second-order valence-corrected chi connectivity index (χ2v) is 5.43. The Balaban J connectivity index is 2.31. The predicted molar refractivity (Wildman–Crippen MR) is 86.6 cm³/mol. The van der Waals surface area contributed by atoms with Crippen LogP contribution in [0.15, 0.2) is 30.3 Å². The SMILES string of the molecule is COc1cc(I)c(C(=O)Nc2ccc(F)c(F)c2)cc1OC. The number of carbonyl (C=O) groups is 1. The second kappa shape index (κ2) is 6.91. The Kier molecular flexibility index (Phi) is 5.17. The Morgan fingerprint density at radius 2 is 1.68 bits per heavy atom. The topological polar surface area (TPSA) is 47.6 Å². The molecule has 2 aromatic carbocycles. The summed E-state index contributed by atoms with van der Waals surface area (Å²) in [5, 5.41) is 2.51. The summed E-state index contributed by atoms with van der Waals surface area (Å²) >= 11 is 1.98. The lowest BCUT2D eigenvalue weighted by molar-refractivity contribution is 0.102. The minimum atomic E-state index is -1.03. The fraction of sp³-hybridized carbons (Fsp3) is 0.133. The maximum atomic E-state index is 13.2. The summed E-state index contributed by atoms with van der Waals surface area (Å²) in [6, 6.07) is 6.32. The average Bonchev–Trinajstić information content (AvgIpc) is 2.50. The molecular formula is C15H12F2INO3. The molecule has 22 heavy (non-hydrogen) atoms. The van der Waals surface area contributed by atoms with Crippen molar-refractivity contribution in [2.45, 2.75) is 0 Å². The van der Waals surface area contributed by atoms with E-state index in [1.54, 1.807) is 6.07 Å². The van der Waals surface area contributed by atoms with Gasteiger partial charge in [-0.2, -0.15) is 0 Å². The van der Waals surface area contributed by atoms with Gasteiger partial charge in [-0.15, -0.1) is 0 Å². The number of carbonyl (C=O) groups excluding carboxylic acids is 1. The highest BCUT2D eigenvalue weighted by Gasteiger charge is 2.16. The van der Waals surface area contributed by atoms with Gasteiger partial charge in [0.15, 0.2) is 23.1 Å². The quantitative estimate of drug-likeness (QED) is 0.767. The lowest BCUT2D eigenvalue weighted by Crippen LogP contribution is -2.14. The largest absolute Gasteiger partial charge is 0.493 e. The lowest BCUT2D eigenvalue weighted by atomic mass is 10.1. The van der Waals surface area contributed by atoms with Crippen molar-refractivity contribution >= 4 is 34.2 Å². The molecule has 0 radical (unpaired) electrons. The molecule has 4 nitrogen and oxygen atoms in total. The van der Waals surface area contributed by atoms with E-state index in [-0.39, 0.29) is 5.69 Å². The molecule has 0 saturated carbocycles. The van der Waals surface area contributed by atoms with Gasteiger partial charge in [0.25, 0.3) is 5.91 Å². The summed E-state index contributed by atoms with van der Waals surface area (Å²) in [5.74, 6) is -1.57. The van der Waals surface area contributed by atoms with Gasteiger partial charge in [0.05, 0.1) is 19.8 Å². The van der Waals surface area contributed by atoms with Gasteiger partial charge in [0, 0.05) is 15.3 Å². The van der Waals surface area contributed by atoms with Crippen LogP contribution in [0.2, 0.25) is 0 Å². The maximum absolute atomic E-state index is 13.2. The summed E-state index contributed by atoms with van der Waals surface area (Å²) < 4.78 is 37.0. The van der Waals surface area contributed by atoms with Crippen molar-refractivity contribution < 1.29 is 23.0 Å². The number of hydrogen-bond donors (Lipinski definition) is 1. The zero-order chi connectivity index (χ0) is 16.3. The van der Waals surface area contributed by atoms with Crippen molar-refractivity contribution in [3.8, 4) is 11.5 Å². The van der Waals surface area contributed by atoms with E-state index in [1.165, 1.54) is 26.4 Å². The predicted octanol–water partition coefficient (Wildman–Crippen LogP) is 3.84. The zero-order valence-corrected chi connectivity index (χ0v) is 13.9. The molecule has 0 atom stereocenters. The number of hydrogen-bond acceptors (Lipinski definition) is 3. The number of halogens is 3. The van der Waals surface area contributed by atoms with Crippen LogP contribution in [0, 0.1) is 15.2 Å². The molecule has 7 heteroatoms. The molecule has 0 aliphatic rings. The molecular weight excluding hydrogens is 407 g/mol. The van der Waals surface area contributed by atoms with Gasteiger partial charge in [-0.25, -0.2) is 8.78 Å². The molecule has 2 rings (SSSR count). The first-order valence-electron chi connectivity index (χ1n) is 6.14. The number of amides is 1. The van der Waals surface area contributed by atoms with E-state index in [1.807, 2.05) is 22.6 Å². The van der Waals surface area contributed by atoms with Gasteiger partial charge in [-0.1, -0.05) is 0 Å². The first-order chi connectivity index (χ1) is 10.5. The Labute approximate surface area is 139 Å². The number of rotatable bonds is 4. The van der Waals surface area contributed by atoms with Crippen molar-refractivity contribution in [3.05, 3.63) is 51.1 Å². The van der Waals surface area contributed by atoms with Crippen LogP contribution >= 0.6 is 22.6 Å². The minimum Gasteiger partial charge on any atom is -0.493 e. The Morgan fingerprint density at radius 1 is 1.05 bits per heavy atom. The molecule has 0 fully saturated rings. The van der Waals surface area contributed by atoms with Crippen LogP contribution in [-0.4, -0.2) is 20.1 Å². The van der Waals surface area contributed by atoms with Crippen LogP contribution in [0.25, 0.3) is 0 Å². The number of methoxy groups -OCH3 is 2. The maximum Gasteiger partial charge on any atom is 0.256 e. The second-order valence-electron chi connectivity index (χ2n) is 4.27. The van der Waals surface area contributed by atoms with E-state index >= 15 is 0 Å². The molecule has 0 bridgehead atoms. The van der Waals surface area contributed by atoms with Crippen molar-refractivity contribution in [1.82, 2.24) is 0 Å². The zero-order valence-electron chi connectivity index (χ0n) is 11.7. The van der Waals surface area contributed by atoms with Gasteiger partial charge in [-0.3, -0.25) is 4.79 Å². The molecule has 0 aliphatic heterocycles. The number of anilines is 1. The van der Waals surface area contributed by atoms with Crippen LogP contribution < -0.4 is 14.8 Å². The molecule has 0 heterocycles. The third kappa shape index (κ3) is 3.46. The molecule has 2 aromatic rings. The summed E-state index contributed by atoms with van der Waals surface area (Å²) in [4.78, 5) is 12.3. The van der Waals surface area contributed by atoms with Crippen molar-refractivity contribution in [3.63, 3.8) is 0 Å². The van der Waals surface area contributed by atoms with E-state index in [0.29, 0.717) is 20.6 Å². The smallest absolute Gasteiger partial charge is 0.256 e. The normalized spacial score (nSPS) is 10.2. The molecule has 0 saturated heterocycles. The fourth-order valence-corrected chi connectivity index (χ4v) is 2.48. The van der Waals surface area contributed by atoms with Gasteiger partial charge in [-0.05, 0) is 46.9 Å². The monoisotopic (exact) mass is 419 g/mol. The standard InChI is InChI=1S/C15H12F2INO3/c1-21-13-6-9(12(18)7-14(13)22-2)15(20)19-8-3-4-10(16)11(17)5-8/h3-7H,1-2H3,(H,19,20). The van der Waals surface area contributed by atoms with Crippen LogP contribution in [-0.2, 0) is 0 Å². The Morgan fingerprint density at radius 3 is 2.27 bits per heavy atom. The number of ether oxygens (including phenoxy) is 2. The van der Waals surface area contributed by atoms with Crippen LogP contribution in [0.1, 0.15) is 10.4 Å². The number of nitrogens with one attached hydrogen (secondary N) is 1. The molecule has 0 aliphatic carbocycles. The highest BCUT2D eigenvalue weighted by molar-refractivity contribution is 14.1. The molecule has 116 valence electrons. The van der Waals surface area contributed by atoms with Crippen molar-refractivity contribution in [1.29, 1.82) is 0 Å². The average molecular weight is 419 g/mol. The summed E-state index contributed by atoms with van der Waals surface area (Å²) in [6.07, 6.45) is 0. The van der Waals surface area contributed by atoms with E-state index in [0.717, 1.165) is 12.1 Å². The molecule has 0 spiro atoms. The first kappa shape index (κ1) is 16.5. The van der Waals surface area contributed by atoms with Crippen molar-refractivity contribution in [2.75, 3.05) is 19.5 Å². The van der Waals surface area contributed by atoms with Crippen LogP contribution in [0.5, 0.6) is 11.5 Å². The highest BCUT2D eigenvalue weighted by Crippen LogP contribution is 2.31. The van der Waals surface area contributed by atoms with Crippen LogP contribution in [0.3, 0.4) is 0 Å². The van der Waals surface area contributed by atoms with Gasteiger partial charge in [0.1, 0.15) is 0 Å². The first-order valence-corrected chi connectivity index (χ1v) is 7.22. The Bertz CT molecular complexity index is 722. The van der Waals surface area contributed by atoms with E-state index in [9.17, 15) is 13.6 Å². The lowest BCUT2D eigenvalue weighted by Gasteiger charge is -2.12. The fourth-order valence-electron chi connectivity index (χ4n) is 1.80.